The average molecular weight is 380 g/mol. The fraction of sp³-hybridized carbons (Fsp3) is 0.318. The van der Waals surface area contributed by atoms with Gasteiger partial charge in [-0.25, -0.2) is 0 Å². The Balaban J connectivity index is 1.78. The molecule has 0 unspecified atom stereocenters. The van der Waals surface area contributed by atoms with Crippen LogP contribution in [-0.4, -0.2) is 22.7 Å². The number of ketones is 1. The van der Waals surface area contributed by atoms with Crippen molar-refractivity contribution < 1.29 is 19.5 Å². The van der Waals surface area contributed by atoms with Crippen molar-refractivity contribution in [1.82, 2.24) is 0 Å². The van der Waals surface area contributed by atoms with E-state index < -0.39 is 16.9 Å². The van der Waals surface area contributed by atoms with Gasteiger partial charge in [0.2, 0.25) is 5.91 Å². The Morgan fingerprint density at radius 3 is 2.36 bits per heavy atom. The molecule has 1 aliphatic heterocycles. The minimum atomic E-state index is -1.89. The van der Waals surface area contributed by atoms with Crippen LogP contribution in [0.25, 0.3) is 0 Å². The number of aryl methyl sites for hydroxylation is 1. The number of carbonyl (C=O) groups is 3. The van der Waals surface area contributed by atoms with Crippen LogP contribution in [-0.2, 0) is 15.2 Å². The molecule has 6 heteroatoms. The molecule has 2 aromatic carbocycles. The summed E-state index contributed by atoms with van der Waals surface area (Å²) in [7, 11) is 0. The predicted octanol–water partition coefficient (Wildman–Crippen LogP) is 3.39. The van der Waals surface area contributed by atoms with Crippen molar-refractivity contribution in [1.29, 1.82) is 0 Å². The molecule has 0 spiro atoms. The van der Waals surface area contributed by atoms with Gasteiger partial charge in [-0.3, -0.25) is 14.4 Å². The first-order valence-corrected chi connectivity index (χ1v) is 9.10. The third-order valence-corrected chi connectivity index (χ3v) is 4.81. The minimum Gasteiger partial charge on any atom is -0.375 e. The molecule has 2 aromatic rings. The van der Waals surface area contributed by atoms with Gasteiger partial charge in [0.1, 0.15) is 0 Å². The van der Waals surface area contributed by atoms with Crippen LogP contribution in [0.2, 0.25) is 0 Å². The molecule has 3 rings (SSSR count). The standard InChI is InChI=1S/C22H24N2O4/c1-13-5-10-17-16(11-13)22(28,20(27)24-17)12-18(25)14-6-8-15(9-7-14)23-19(26)21(2,3)4/h5-11,28H,12H2,1-4H3,(H,23,26)(H,24,27)/t22-/m0/s1. The number of fused-ring (bicyclic) bond motifs is 1. The van der Waals surface area contributed by atoms with E-state index in [1.165, 1.54) is 0 Å². The zero-order valence-corrected chi connectivity index (χ0v) is 16.4. The number of Topliss-reactive ketones (excluding diaryl/α,β-unsaturated/α-hetero) is 1. The summed E-state index contributed by atoms with van der Waals surface area (Å²) in [6.07, 6.45) is -0.358. The van der Waals surface area contributed by atoms with E-state index in [2.05, 4.69) is 10.6 Å². The fourth-order valence-electron chi connectivity index (χ4n) is 3.03. The van der Waals surface area contributed by atoms with E-state index in [1.807, 2.05) is 33.8 Å². The second-order valence-corrected chi connectivity index (χ2v) is 8.24. The highest BCUT2D eigenvalue weighted by Crippen LogP contribution is 2.39. The summed E-state index contributed by atoms with van der Waals surface area (Å²) in [4.78, 5) is 37.1. The highest BCUT2D eigenvalue weighted by Gasteiger charge is 2.46. The number of nitrogens with one attached hydrogen (secondary N) is 2. The van der Waals surface area contributed by atoms with Crippen LogP contribution in [0.15, 0.2) is 42.5 Å². The summed E-state index contributed by atoms with van der Waals surface area (Å²) in [6, 6.07) is 11.7. The molecule has 0 saturated carbocycles. The minimum absolute atomic E-state index is 0.129. The van der Waals surface area contributed by atoms with Crippen LogP contribution in [0.1, 0.15) is 48.7 Å². The second-order valence-electron chi connectivity index (χ2n) is 8.24. The first-order valence-electron chi connectivity index (χ1n) is 9.10. The van der Waals surface area contributed by atoms with E-state index in [-0.39, 0.29) is 18.1 Å². The lowest BCUT2D eigenvalue weighted by atomic mass is 9.87. The van der Waals surface area contributed by atoms with E-state index in [9.17, 15) is 19.5 Å². The van der Waals surface area contributed by atoms with Crippen molar-refractivity contribution in [3.63, 3.8) is 0 Å². The maximum absolute atomic E-state index is 12.7. The molecule has 2 amide bonds. The molecule has 0 aliphatic carbocycles. The van der Waals surface area contributed by atoms with E-state index in [0.717, 1.165) is 5.56 Å². The zero-order valence-electron chi connectivity index (χ0n) is 16.4. The molecule has 1 aliphatic rings. The first-order chi connectivity index (χ1) is 13.0. The first kappa shape index (κ1) is 19.8. The van der Waals surface area contributed by atoms with Crippen LogP contribution in [0.3, 0.4) is 0 Å². The van der Waals surface area contributed by atoms with Gasteiger partial charge in [-0.1, -0.05) is 38.5 Å². The summed E-state index contributed by atoms with van der Waals surface area (Å²) in [5.41, 5.74) is 0.341. The number of anilines is 2. The highest BCUT2D eigenvalue weighted by atomic mass is 16.3. The monoisotopic (exact) mass is 380 g/mol. The molecular formula is C22H24N2O4. The molecule has 3 N–H and O–H groups in total. The number of hydrogen-bond acceptors (Lipinski definition) is 4. The lowest BCUT2D eigenvalue weighted by Gasteiger charge is -2.20. The van der Waals surface area contributed by atoms with Crippen molar-refractivity contribution in [2.24, 2.45) is 5.41 Å². The van der Waals surface area contributed by atoms with Crippen molar-refractivity contribution in [2.75, 3.05) is 10.6 Å². The maximum Gasteiger partial charge on any atom is 0.261 e. The summed E-state index contributed by atoms with van der Waals surface area (Å²) in [5, 5.41) is 16.4. The van der Waals surface area contributed by atoms with E-state index >= 15 is 0 Å². The maximum atomic E-state index is 12.7. The molecule has 0 bridgehead atoms. The number of hydrogen-bond donors (Lipinski definition) is 3. The van der Waals surface area contributed by atoms with Crippen LogP contribution in [0.5, 0.6) is 0 Å². The number of rotatable bonds is 4. The highest BCUT2D eigenvalue weighted by molar-refractivity contribution is 6.09. The van der Waals surface area contributed by atoms with Crippen LogP contribution in [0, 0.1) is 12.3 Å². The van der Waals surface area contributed by atoms with Crippen molar-refractivity contribution in [3.8, 4) is 0 Å². The van der Waals surface area contributed by atoms with Gasteiger partial charge in [0, 0.05) is 27.9 Å². The molecule has 1 atom stereocenters. The summed E-state index contributed by atoms with van der Waals surface area (Å²) >= 11 is 0. The molecule has 6 nitrogen and oxygen atoms in total. The van der Waals surface area contributed by atoms with Crippen molar-refractivity contribution in [3.05, 3.63) is 59.2 Å². The van der Waals surface area contributed by atoms with Crippen LogP contribution >= 0.6 is 0 Å². The van der Waals surface area contributed by atoms with E-state index in [1.54, 1.807) is 36.4 Å². The summed E-state index contributed by atoms with van der Waals surface area (Å²) in [6.45, 7) is 7.29. The molecule has 0 aromatic heterocycles. The van der Waals surface area contributed by atoms with Crippen molar-refractivity contribution >= 4 is 29.0 Å². The Bertz CT molecular complexity index is 957. The van der Waals surface area contributed by atoms with Gasteiger partial charge in [-0.15, -0.1) is 0 Å². The number of amides is 2. The normalized spacial score (nSPS) is 18.4. The quantitative estimate of drug-likeness (QED) is 0.709. The van der Waals surface area contributed by atoms with Gasteiger partial charge in [-0.2, -0.15) is 0 Å². The van der Waals surface area contributed by atoms with Gasteiger partial charge in [0.15, 0.2) is 11.4 Å². The van der Waals surface area contributed by atoms with Gasteiger partial charge >= 0.3 is 0 Å². The third kappa shape index (κ3) is 3.68. The summed E-state index contributed by atoms with van der Waals surface area (Å²) < 4.78 is 0. The Labute approximate surface area is 164 Å². The number of carbonyl (C=O) groups excluding carboxylic acids is 3. The molecule has 0 saturated heterocycles. The van der Waals surface area contributed by atoms with Crippen LogP contribution in [0.4, 0.5) is 11.4 Å². The third-order valence-electron chi connectivity index (χ3n) is 4.81. The predicted molar refractivity (Wildman–Crippen MR) is 107 cm³/mol. The molecule has 0 radical (unpaired) electrons. The topological polar surface area (TPSA) is 95.5 Å². The number of aliphatic hydroxyl groups is 1. The van der Waals surface area contributed by atoms with Gasteiger partial charge in [0.25, 0.3) is 5.91 Å². The Morgan fingerprint density at radius 2 is 1.75 bits per heavy atom. The zero-order chi connectivity index (χ0) is 20.7. The molecule has 1 heterocycles. The molecule has 0 fully saturated rings. The van der Waals surface area contributed by atoms with Gasteiger partial charge in [0.05, 0.1) is 6.42 Å². The fourth-order valence-corrected chi connectivity index (χ4v) is 3.03. The number of benzene rings is 2. The van der Waals surface area contributed by atoms with Crippen molar-refractivity contribution in [2.45, 2.75) is 39.7 Å². The smallest absolute Gasteiger partial charge is 0.261 e. The lowest BCUT2D eigenvalue weighted by molar-refractivity contribution is -0.133. The molecule has 146 valence electrons. The second kappa shape index (κ2) is 6.87. The SMILES string of the molecule is Cc1ccc2c(c1)[C@@](O)(CC(=O)c1ccc(NC(=O)C(C)(C)C)cc1)C(=O)N2. The van der Waals surface area contributed by atoms with Gasteiger partial charge in [-0.05, 0) is 37.3 Å². The Morgan fingerprint density at radius 1 is 1.11 bits per heavy atom. The average Bonchev–Trinajstić information content (AvgIpc) is 2.85. The van der Waals surface area contributed by atoms with Crippen LogP contribution < -0.4 is 10.6 Å². The Kier molecular flexibility index (Phi) is 4.85. The van der Waals surface area contributed by atoms with Gasteiger partial charge < -0.3 is 15.7 Å². The molecular weight excluding hydrogens is 356 g/mol. The molecule has 28 heavy (non-hydrogen) atoms. The largest absolute Gasteiger partial charge is 0.375 e. The lowest BCUT2D eigenvalue weighted by Crippen LogP contribution is -2.36. The van der Waals surface area contributed by atoms with E-state index in [4.69, 9.17) is 0 Å². The van der Waals surface area contributed by atoms with E-state index in [0.29, 0.717) is 22.5 Å². The Hall–Kier alpha value is -2.99. The summed E-state index contributed by atoms with van der Waals surface area (Å²) in [5.74, 6) is -1.09.